The van der Waals surface area contributed by atoms with Crippen molar-refractivity contribution in [2.24, 2.45) is 29.1 Å². The summed E-state index contributed by atoms with van der Waals surface area (Å²) in [6.45, 7) is 8.53. The molecule has 0 aliphatic heterocycles. The smallest absolute Gasteiger partial charge is 0.265 e. The van der Waals surface area contributed by atoms with Crippen LogP contribution in [0.25, 0.3) is 11.1 Å². The Kier molecular flexibility index (Phi) is 5.02. The van der Waals surface area contributed by atoms with E-state index in [9.17, 15) is 9.59 Å². The number of aryl methyl sites for hydroxylation is 1. The van der Waals surface area contributed by atoms with Crippen LogP contribution in [-0.4, -0.2) is 21.5 Å². The highest BCUT2D eigenvalue weighted by atomic mass is 16.3. The third-order valence-electron chi connectivity index (χ3n) is 7.93. The van der Waals surface area contributed by atoms with Gasteiger partial charge in [-0.25, -0.2) is 4.98 Å². The molecule has 1 N–H and O–H groups in total. The maximum atomic E-state index is 13.3. The fraction of sp³-hybridized carbons (Fsp3) is 0.720. The summed E-state index contributed by atoms with van der Waals surface area (Å²) in [7, 11) is 0. The normalized spacial score (nSPS) is 30.3. The van der Waals surface area contributed by atoms with Gasteiger partial charge in [-0.3, -0.25) is 14.2 Å². The van der Waals surface area contributed by atoms with Crippen molar-refractivity contribution in [2.75, 3.05) is 0 Å². The van der Waals surface area contributed by atoms with Crippen molar-refractivity contribution >= 4 is 17.0 Å². The van der Waals surface area contributed by atoms with E-state index in [0.29, 0.717) is 34.6 Å². The molecule has 2 aromatic rings. The first-order chi connectivity index (χ1) is 14.7. The van der Waals surface area contributed by atoms with Gasteiger partial charge in [-0.2, -0.15) is 0 Å². The molecule has 168 valence electrons. The Hall–Kier alpha value is -2.11. The van der Waals surface area contributed by atoms with Gasteiger partial charge in [0, 0.05) is 12.6 Å². The molecule has 6 rings (SSSR count). The van der Waals surface area contributed by atoms with E-state index in [-0.39, 0.29) is 23.2 Å². The Balaban J connectivity index is 1.36. The molecule has 1 amide bonds. The number of aromatic nitrogens is 2. The summed E-state index contributed by atoms with van der Waals surface area (Å²) < 4.78 is 7.27. The molecule has 4 aliphatic rings. The first kappa shape index (κ1) is 20.8. The summed E-state index contributed by atoms with van der Waals surface area (Å²) in [6.07, 6.45) is 10.8. The number of carbonyl (C=O) groups excluding carboxylic acids is 1. The maximum absolute atomic E-state index is 13.3. The fourth-order valence-corrected chi connectivity index (χ4v) is 7.47. The van der Waals surface area contributed by atoms with Crippen molar-refractivity contribution in [3.63, 3.8) is 0 Å². The van der Waals surface area contributed by atoms with Gasteiger partial charge in [-0.05, 0) is 87.9 Å². The van der Waals surface area contributed by atoms with Crippen LogP contribution in [0.15, 0.2) is 15.5 Å². The predicted molar refractivity (Wildman–Crippen MR) is 120 cm³/mol. The topological polar surface area (TPSA) is 77.1 Å². The van der Waals surface area contributed by atoms with Crippen LogP contribution < -0.4 is 10.9 Å². The molecule has 4 aliphatic carbocycles. The van der Waals surface area contributed by atoms with Crippen molar-refractivity contribution in [1.29, 1.82) is 0 Å². The highest BCUT2D eigenvalue weighted by Crippen LogP contribution is 2.61. The number of carbonyl (C=O) groups is 1. The summed E-state index contributed by atoms with van der Waals surface area (Å²) in [6, 6.07) is 0.0719. The number of hydrogen-bond donors (Lipinski definition) is 1. The van der Waals surface area contributed by atoms with E-state index in [2.05, 4.69) is 31.1 Å². The van der Waals surface area contributed by atoms with Crippen molar-refractivity contribution < 1.29 is 9.21 Å². The Morgan fingerprint density at radius 1 is 1.19 bits per heavy atom. The van der Waals surface area contributed by atoms with Crippen LogP contribution in [0, 0.1) is 36.0 Å². The molecule has 0 aromatic carbocycles. The number of furan rings is 1. The second-order valence-corrected chi connectivity index (χ2v) is 11.3. The first-order valence-electron chi connectivity index (χ1n) is 12.0. The molecular weight excluding hydrogens is 390 g/mol. The average molecular weight is 426 g/mol. The van der Waals surface area contributed by atoms with Gasteiger partial charge in [0.25, 0.3) is 11.5 Å². The van der Waals surface area contributed by atoms with Crippen LogP contribution in [0.4, 0.5) is 0 Å². The quantitative estimate of drug-likeness (QED) is 0.729. The molecule has 0 saturated heterocycles. The van der Waals surface area contributed by atoms with Crippen LogP contribution in [0.3, 0.4) is 0 Å². The molecule has 1 atom stereocenters. The van der Waals surface area contributed by atoms with Gasteiger partial charge in [0.1, 0.15) is 17.5 Å². The molecule has 2 heterocycles. The summed E-state index contributed by atoms with van der Waals surface area (Å²) in [4.78, 5) is 30.6. The standard InChI is InChI=1S/C25H35N3O3/c1-14(2)12-28-13-26-23-21(24(28)30)20(16(4)31-23)22(29)27-15(3)8-25-9-17-5-18(10-25)7-19(6-17)11-25/h13-15,17-19H,5-12H2,1-4H3,(H,27,29)/t15-,17?,18?,19?,25?/m1/s1. The lowest BCUT2D eigenvalue weighted by Crippen LogP contribution is -2.49. The minimum absolute atomic E-state index is 0.0719. The maximum Gasteiger partial charge on any atom is 0.265 e. The van der Waals surface area contributed by atoms with E-state index in [1.807, 2.05) is 0 Å². The molecule has 4 bridgehead atoms. The first-order valence-corrected chi connectivity index (χ1v) is 12.0. The lowest BCUT2D eigenvalue weighted by Gasteiger charge is -2.57. The zero-order chi connectivity index (χ0) is 21.9. The van der Waals surface area contributed by atoms with E-state index in [0.717, 1.165) is 24.2 Å². The van der Waals surface area contributed by atoms with Crippen LogP contribution in [0.5, 0.6) is 0 Å². The van der Waals surface area contributed by atoms with E-state index in [1.54, 1.807) is 11.5 Å². The van der Waals surface area contributed by atoms with Crippen molar-refractivity contribution in [3.8, 4) is 0 Å². The number of nitrogens with zero attached hydrogens (tertiary/aromatic N) is 2. The highest BCUT2D eigenvalue weighted by molar-refractivity contribution is 6.06. The Labute approximate surface area is 183 Å². The lowest BCUT2D eigenvalue weighted by molar-refractivity contribution is -0.0607. The molecule has 2 aromatic heterocycles. The van der Waals surface area contributed by atoms with E-state index >= 15 is 0 Å². The molecule has 0 radical (unpaired) electrons. The zero-order valence-electron chi connectivity index (χ0n) is 19.2. The van der Waals surface area contributed by atoms with Gasteiger partial charge >= 0.3 is 0 Å². The Morgan fingerprint density at radius 2 is 1.81 bits per heavy atom. The summed E-state index contributed by atoms with van der Waals surface area (Å²) in [5.74, 6) is 3.26. The third-order valence-corrected chi connectivity index (χ3v) is 7.93. The highest BCUT2D eigenvalue weighted by Gasteiger charge is 2.51. The monoisotopic (exact) mass is 425 g/mol. The van der Waals surface area contributed by atoms with E-state index in [4.69, 9.17) is 4.42 Å². The SMILES string of the molecule is Cc1oc2ncn(CC(C)C)c(=O)c2c1C(=O)N[C@H](C)CC12CC3CC(CC(C3)C1)C2. The second kappa shape index (κ2) is 7.49. The van der Waals surface area contributed by atoms with Crippen LogP contribution in [0.1, 0.15) is 81.8 Å². The molecular formula is C25H35N3O3. The number of amides is 1. The van der Waals surface area contributed by atoms with Gasteiger partial charge in [0.2, 0.25) is 5.71 Å². The minimum atomic E-state index is -0.213. The van der Waals surface area contributed by atoms with Gasteiger partial charge in [-0.1, -0.05) is 13.8 Å². The molecule has 4 saturated carbocycles. The lowest BCUT2D eigenvalue weighted by atomic mass is 9.48. The number of rotatable bonds is 6. The van der Waals surface area contributed by atoms with Crippen molar-refractivity contribution in [2.45, 2.75) is 85.2 Å². The van der Waals surface area contributed by atoms with Gasteiger partial charge in [-0.15, -0.1) is 0 Å². The van der Waals surface area contributed by atoms with E-state index < -0.39 is 0 Å². The van der Waals surface area contributed by atoms with Crippen molar-refractivity contribution in [1.82, 2.24) is 14.9 Å². The summed E-state index contributed by atoms with van der Waals surface area (Å²) in [5.41, 5.74) is 0.805. The van der Waals surface area contributed by atoms with E-state index in [1.165, 1.54) is 44.9 Å². The van der Waals surface area contributed by atoms with Crippen molar-refractivity contribution in [3.05, 3.63) is 28.0 Å². The number of fused-ring (bicyclic) bond motifs is 1. The van der Waals surface area contributed by atoms with Gasteiger partial charge in [0.05, 0.1) is 5.56 Å². The summed E-state index contributed by atoms with van der Waals surface area (Å²) >= 11 is 0. The van der Waals surface area contributed by atoms with Gasteiger partial charge < -0.3 is 9.73 Å². The molecule has 31 heavy (non-hydrogen) atoms. The van der Waals surface area contributed by atoms with Crippen LogP contribution in [-0.2, 0) is 6.54 Å². The number of nitrogens with one attached hydrogen (secondary N) is 1. The predicted octanol–water partition coefficient (Wildman–Crippen LogP) is 4.68. The zero-order valence-corrected chi connectivity index (χ0v) is 19.2. The fourth-order valence-electron chi connectivity index (χ4n) is 7.47. The number of hydrogen-bond acceptors (Lipinski definition) is 4. The van der Waals surface area contributed by atoms with Crippen LogP contribution in [0.2, 0.25) is 0 Å². The molecule has 0 spiro atoms. The van der Waals surface area contributed by atoms with Gasteiger partial charge in [0.15, 0.2) is 0 Å². The van der Waals surface area contributed by atoms with Crippen LogP contribution >= 0.6 is 0 Å². The summed E-state index contributed by atoms with van der Waals surface area (Å²) in [5, 5.41) is 3.51. The molecule has 6 heteroatoms. The third kappa shape index (κ3) is 3.72. The average Bonchev–Trinajstić information content (AvgIpc) is 2.99. The Bertz CT molecular complexity index is 1030. The molecule has 6 nitrogen and oxygen atoms in total. The largest absolute Gasteiger partial charge is 0.442 e. The Morgan fingerprint density at radius 3 is 2.39 bits per heavy atom. The second-order valence-electron chi connectivity index (χ2n) is 11.3. The molecule has 0 unspecified atom stereocenters. The molecule has 4 fully saturated rings. The minimum Gasteiger partial charge on any atom is -0.442 e.